The number of para-hydroxylation sites is 1. The number of hydrogen-bond donors (Lipinski definition) is 1. The number of rotatable bonds is 5. The largest absolute Gasteiger partial charge is 0.452 e. The summed E-state index contributed by atoms with van der Waals surface area (Å²) in [6.07, 6.45) is 2.63. The number of aryl methyl sites for hydroxylation is 1. The minimum atomic E-state index is -0.476. The maximum atomic E-state index is 12.9. The Labute approximate surface area is 174 Å². The van der Waals surface area contributed by atoms with E-state index >= 15 is 0 Å². The normalized spacial score (nSPS) is 13.7. The number of pyridine rings is 1. The number of carbonyl (C=O) groups is 2. The van der Waals surface area contributed by atoms with Gasteiger partial charge in [0.15, 0.2) is 6.61 Å². The van der Waals surface area contributed by atoms with Gasteiger partial charge in [0.05, 0.1) is 17.1 Å². The van der Waals surface area contributed by atoms with E-state index in [2.05, 4.69) is 10.3 Å². The molecule has 1 aromatic heterocycles. The average molecular weight is 409 g/mol. The van der Waals surface area contributed by atoms with Crippen molar-refractivity contribution in [2.75, 3.05) is 6.61 Å². The molecule has 1 amide bonds. The quantitative estimate of drug-likeness (QED) is 0.635. The molecule has 2 aromatic carbocycles. The summed E-state index contributed by atoms with van der Waals surface area (Å²) in [5.41, 5.74) is 4.15. The molecular formula is C23H21ClN2O3. The Morgan fingerprint density at radius 2 is 1.90 bits per heavy atom. The van der Waals surface area contributed by atoms with Crippen LogP contribution in [0, 0.1) is 0 Å². The van der Waals surface area contributed by atoms with E-state index in [1.807, 2.05) is 43.3 Å². The second kappa shape index (κ2) is 8.21. The molecule has 148 valence electrons. The van der Waals surface area contributed by atoms with Crippen LogP contribution in [0.15, 0.2) is 48.5 Å². The summed E-state index contributed by atoms with van der Waals surface area (Å²) in [7, 11) is 0. The number of benzene rings is 2. The van der Waals surface area contributed by atoms with E-state index in [1.165, 1.54) is 0 Å². The van der Waals surface area contributed by atoms with Gasteiger partial charge in [0.1, 0.15) is 0 Å². The first-order valence-corrected chi connectivity index (χ1v) is 10.0. The van der Waals surface area contributed by atoms with Crippen LogP contribution in [-0.4, -0.2) is 23.5 Å². The van der Waals surface area contributed by atoms with Gasteiger partial charge in [0.25, 0.3) is 5.91 Å². The Morgan fingerprint density at radius 1 is 1.14 bits per heavy atom. The number of aromatic nitrogens is 1. The molecule has 0 aliphatic heterocycles. The van der Waals surface area contributed by atoms with Gasteiger partial charge < -0.3 is 10.1 Å². The highest BCUT2D eigenvalue weighted by Gasteiger charge is 2.25. The second-order valence-electron chi connectivity index (χ2n) is 7.20. The topological polar surface area (TPSA) is 68.3 Å². The summed E-state index contributed by atoms with van der Waals surface area (Å²) < 4.78 is 5.38. The van der Waals surface area contributed by atoms with Crippen molar-refractivity contribution in [1.29, 1.82) is 0 Å². The van der Waals surface area contributed by atoms with Crippen molar-refractivity contribution in [1.82, 2.24) is 10.3 Å². The van der Waals surface area contributed by atoms with Crippen molar-refractivity contribution in [2.24, 2.45) is 0 Å². The van der Waals surface area contributed by atoms with Crippen LogP contribution in [0.5, 0.6) is 0 Å². The van der Waals surface area contributed by atoms with Gasteiger partial charge in [-0.25, -0.2) is 4.79 Å². The molecule has 29 heavy (non-hydrogen) atoms. The molecule has 6 heteroatoms. The van der Waals surface area contributed by atoms with Crippen molar-refractivity contribution < 1.29 is 14.3 Å². The van der Waals surface area contributed by atoms with E-state index < -0.39 is 5.97 Å². The standard InChI is InChI=1S/C23H21ClN2O3/c1-14(15-9-11-16(24)12-10-15)25-21(27)13-29-23(28)22-17-5-2-3-7-19(17)26-20-8-4-6-18(20)22/h2-3,5,7,9-12,14H,4,6,8,13H2,1H3,(H,25,27)/t14-/m1/s1. The van der Waals surface area contributed by atoms with Crippen molar-refractivity contribution in [2.45, 2.75) is 32.2 Å². The molecule has 1 heterocycles. The molecule has 1 atom stereocenters. The van der Waals surface area contributed by atoms with Gasteiger partial charge in [0.2, 0.25) is 0 Å². The third-order valence-corrected chi connectivity index (χ3v) is 5.46. The molecule has 1 N–H and O–H groups in total. The van der Waals surface area contributed by atoms with Gasteiger partial charge in [-0.15, -0.1) is 0 Å². The van der Waals surface area contributed by atoms with Crippen molar-refractivity contribution in [3.05, 3.63) is 75.9 Å². The second-order valence-corrected chi connectivity index (χ2v) is 7.64. The minimum absolute atomic E-state index is 0.218. The van der Waals surface area contributed by atoms with Gasteiger partial charge in [-0.3, -0.25) is 9.78 Å². The molecule has 0 spiro atoms. The molecule has 0 unspecified atom stereocenters. The SMILES string of the molecule is C[C@@H](NC(=O)COC(=O)c1c2c(nc3ccccc13)CCC2)c1ccc(Cl)cc1. The zero-order valence-corrected chi connectivity index (χ0v) is 16.8. The predicted molar refractivity (Wildman–Crippen MR) is 112 cm³/mol. The maximum Gasteiger partial charge on any atom is 0.339 e. The zero-order valence-electron chi connectivity index (χ0n) is 16.1. The van der Waals surface area contributed by atoms with Crippen LogP contribution in [-0.2, 0) is 22.4 Å². The lowest BCUT2D eigenvalue weighted by Gasteiger charge is -2.15. The first-order valence-electron chi connectivity index (χ1n) is 9.65. The lowest BCUT2D eigenvalue weighted by Crippen LogP contribution is -2.31. The Hall–Kier alpha value is -2.92. The number of halogens is 1. The number of ether oxygens (including phenoxy) is 1. The Morgan fingerprint density at radius 3 is 2.69 bits per heavy atom. The molecule has 1 aliphatic rings. The molecule has 0 saturated heterocycles. The maximum absolute atomic E-state index is 12.9. The van der Waals surface area contributed by atoms with Crippen molar-refractivity contribution in [3.63, 3.8) is 0 Å². The lowest BCUT2D eigenvalue weighted by atomic mass is 10.0. The van der Waals surface area contributed by atoms with Gasteiger partial charge in [-0.05, 0) is 55.5 Å². The van der Waals surface area contributed by atoms with Gasteiger partial charge >= 0.3 is 5.97 Å². The minimum Gasteiger partial charge on any atom is -0.452 e. The van der Waals surface area contributed by atoms with Crippen LogP contribution in [0.4, 0.5) is 0 Å². The van der Waals surface area contributed by atoms with E-state index in [4.69, 9.17) is 16.3 Å². The zero-order chi connectivity index (χ0) is 20.4. The number of esters is 1. The van der Waals surface area contributed by atoms with Crippen molar-refractivity contribution in [3.8, 4) is 0 Å². The average Bonchev–Trinajstić information content (AvgIpc) is 3.18. The predicted octanol–water partition coefficient (Wildman–Crippen LogP) is 4.41. The smallest absolute Gasteiger partial charge is 0.339 e. The molecule has 0 bridgehead atoms. The summed E-state index contributed by atoms with van der Waals surface area (Å²) >= 11 is 5.90. The Kier molecular flexibility index (Phi) is 5.49. The Bertz CT molecular complexity index is 1080. The van der Waals surface area contributed by atoms with Gasteiger partial charge in [-0.1, -0.05) is 41.9 Å². The number of fused-ring (bicyclic) bond motifs is 2. The van der Waals surface area contributed by atoms with E-state index in [0.717, 1.165) is 47.0 Å². The summed E-state index contributed by atoms with van der Waals surface area (Å²) in [5.74, 6) is -0.827. The molecule has 4 rings (SSSR count). The number of hydrogen-bond acceptors (Lipinski definition) is 4. The fraction of sp³-hybridized carbons (Fsp3) is 0.261. The molecule has 5 nitrogen and oxygen atoms in total. The third-order valence-electron chi connectivity index (χ3n) is 5.21. The van der Waals surface area contributed by atoms with E-state index in [0.29, 0.717) is 10.6 Å². The first-order chi connectivity index (χ1) is 14.0. The van der Waals surface area contributed by atoms with Crippen LogP contribution in [0.3, 0.4) is 0 Å². The molecular weight excluding hydrogens is 388 g/mol. The molecule has 0 radical (unpaired) electrons. The summed E-state index contributed by atoms with van der Waals surface area (Å²) in [4.78, 5) is 29.8. The van der Waals surface area contributed by atoms with Crippen LogP contribution >= 0.6 is 11.6 Å². The van der Waals surface area contributed by atoms with E-state index in [9.17, 15) is 9.59 Å². The van der Waals surface area contributed by atoms with E-state index in [1.54, 1.807) is 12.1 Å². The van der Waals surface area contributed by atoms with Crippen LogP contribution in [0.25, 0.3) is 10.9 Å². The highest BCUT2D eigenvalue weighted by Crippen LogP contribution is 2.30. The van der Waals surface area contributed by atoms with Crippen molar-refractivity contribution >= 4 is 34.4 Å². The fourth-order valence-corrected chi connectivity index (χ4v) is 3.89. The number of carbonyl (C=O) groups excluding carboxylic acids is 2. The molecule has 1 aliphatic carbocycles. The molecule has 0 fully saturated rings. The lowest BCUT2D eigenvalue weighted by molar-refractivity contribution is -0.124. The third kappa shape index (κ3) is 4.10. The monoisotopic (exact) mass is 408 g/mol. The highest BCUT2D eigenvalue weighted by molar-refractivity contribution is 6.30. The van der Waals surface area contributed by atoms with Gasteiger partial charge in [-0.2, -0.15) is 0 Å². The Balaban J connectivity index is 1.46. The molecule has 3 aromatic rings. The van der Waals surface area contributed by atoms with Crippen LogP contribution in [0.2, 0.25) is 5.02 Å². The summed E-state index contributed by atoms with van der Waals surface area (Å²) in [6, 6.07) is 14.6. The van der Waals surface area contributed by atoms with Crippen LogP contribution < -0.4 is 5.32 Å². The van der Waals surface area contributed by atoms with E-state index in [-0.39, 0.29) is 18.6 Å². The number of amides is 1. The highest BCUT2D eigenvalue weighted by atomic mass is 35.5. The molecule has 0 saturated carbocycles. The summed E-state index contributed by atoms with van der Waals surface area (Å²) in [5, 5.41) is 4.25. The summed E-state index contributed by atoms with van der Waals surface area (Å²) in [6.45, 7) is 1.54. The fourth-order valence-electron chi connectivity index (χ4n) is 3.77. The first kappa shape index (κ1) is 19.4. The number of nitrogens with one attached hydrogen (secondary N) is 1. The number of nitrogens with zero attached hydrogens (tertiary/aromatic N) is 1. The van der Waals surface area contributed by atoms with Gasteiger partial charge in [0, 0.05) is 16.1 Å². The van der Waals surface area contributed by atoms with Crippen LogP contribution in [0.1, 0.15) is 46.6 Å².